The highest BCUT2D eigenvalue weighted by Crippen LogP contribution is 2.19. The third kappa shape index (κ3) is 2.39. The molecular formula is C15H14ClN3O3. The molecule has 2 heterocycles. The summed E-state index contributed by atoms with van der Waals surface area (Å²) in [5.74, 6) is -0.522. The first-order valence-electron chi connectivity index (χ1n) is 7.05. The average molecular weight is 320 g/mol. The van der Waals surface area contributed by atoms with Crippen LogP contribution in [0.4, 0.5) is 0 Å². The zero-order valence-electron chi connectivity index (χ0n) is 11.7. The topological polar surface area (TPSA) is 72.3 Å². The Balaban J connectivity index is 2.14. The summed E-state index contributed by atoms with van der Waals surface area (Å²) in [6, 6.07) is 4.44. The number of rotatable bonds is 3. The first kappa shape index (κ1) is 14.7. The van der Waals surface area contributed by atoms with Crippen LogP contribution >= 0.6 is 11.6 Å². The maximum absolute atomic E-state index is 12.7. The van der Waals surface area contributed by atoms with E-state index in [0.29, 0.717) is 35.2 Å². The molecule has 1 aliphatic rings. The molecule has 2 aromatic rings. The van der Waals surface area contributed by atoms with Gasteiger partial charge in [-0.1, -0.05) is 17.7 Å². The lowest BCUT2D eigenvalue weighted by Gasteiger charge is -2.35. The van der Waals surface area contributed by atoms with E-state index in [1.165, 1.54) is 11.0 Å². The molecule has 1 aliphatic heterocycles. The summed E-state index contributed by atoms with van der Waals surface area (Å²) in [4.78, 5) is 39.6. The average Bonchev–Trinajstić information content (AvgIpc) is 2.54. The summed E-state index contributed by atoms with van der Waals surface area (Å²) in [6.45, 7) is 0.516. The van der Waals surface area contributed by atoms with Crippen molar-refractivity contribution in [1.82, 2.24) is 9.66 Å². The summed E-state index contributed by atoms with van der Waals surface area (Å²) in [7, 11) is 0. The molecule has 0 bridgehead atoms. The summed E-state index contributed by atoms with van der Waals surface area (Å²) >= 11 is 6.10. The van der Waals surface area contributed by atoms with Gasteiger partial charge in [0.25, 0.3) is 5.56 Å². The molecule has 0 N–H and O–H groups in total. The van der Waals surface area contributed by atoms with E-state index >= 15 is 0 Å². The van der Waals surface area contributed by atoms with Crippen molar-refractivity contribution in [3.63, 3.8) is 0 Å². The van der Waals surface area contributed by atoms with E-state index in [1.807, 2.05) is 0 Å². The van der Waals surface area contributed by atoms with Gasteiger partial charge in [0.2, 0.25) is 5.78 Å². The van der Waals surface area contributed by atoms with Crippen LogP contribution in [-0.2, 0) is 9.59 Å². The minimum atomic E-state index is -0.620. The van der Waals surface area contributed by atoms with Gasteiger partial charge in [-0.25, -0.2) is 9.66 Å². The maximum atomic E-state index is 12.7. The monoisotopic (exact) mass is 319 g/mol. The van der Waals surface area contributed by atoms with E-state index in [4.69, 9.17) is 11.6 Å². The van der Waals surface area contributed by atoms with Gasteiger partial charge in [0.1, 0.15) is 12.4 Å². The van der Waals surface area contributed by atoms with Crippen LogP contribution < -0.4 is 10.6 Å². The SMILES string of the molecule is O=CC(=O)C1CCCCN1n1cnc2cccc(Cl)c2c1=O. The number of fused-ring (bicyclic) bond motifs is 1. The number of halogens is 1. The molecule has 1 saturated heterocycles. The predicted molar refractivity (Wildman–Crippen MR) is 82.8 cm³/mol. The Labute approximate surface area is 131 Å². The van der Waals surface area contributed by atoms with Crippen LogP contribution in [0.15, 0.2) is 29.3 Å². The van der Waals surface area contributed by atoms with Gasteiger partial charge in [-0.3, -0.25) is 19.4 Å². The highest BCUT2D eigenvalue weighted by molar-refractivity contribution is 6.35. The maximum Gasteiger partial charge on any atom is 0.281 e. The van der Waals surface area contributed by atoms with Crippen molar-refractivity contribution in [1.29, 1.82) is 0 Å². The molecule has 0 spiro atoms. The van der Waals surface area contributed by atoms with Crippen LogP contribution in [0.5, 0.6) is 0 Å². The number of Topliss-reactive ketones (excluding diaryl/α,β-unsaturated/α-hetero) is 1. The van der Waals surface area contributed by atoms with Crippen LogP contribution in [0.3, 0.4) is 0 Å². The summed E-state index contributed by atoms with van der Waals surface area (Å²) in [6.07, 6.45) is 3.93. The van der Waals surface area contributed by atoms with Crippen LogP contribution in [0.25, 0.3) is 10.9 Å². The number of nitrogens with zero attached hydrogens (tertiary/aromatic N) is 3. The smallest absolute Gasteiger partial charge is 0.281 e. The fourth-order valence-corrected chi connectivity index (χ4v) is 3.09. The normalized spacial score (nSPS) is 18.4. The quantitative estimate of drug-likeness (QED) is 0.630. The second kappa shape index (κ2) is 5.88. The number of ketones is 1. The van der Waals surface area contributed by atoms with Gasteiger partial charge < -0.3 is 0 Å². The molecule has 1 fully saturated rings. The summed E-state index contributed by atoms with van der Waals surface area (Å²) in [5, 5.41) is 2.24. The van der Waals surface area contributed by atoms with Gasteiger partial charge in [0.15, 0.2) is 6.29 Å². The highest BCUT2D eigenvalue weighted by atomic mass is 35.5. The first-order valence-corrected chi connectivity index (χ1v) is 7.43. The number of piperidine rings is 1. The molecule has 0 radical (unpaired) electrons. The second-order valence-corrected chi connectivity index (χ2v) is 5.63. The number of hydrogen-bond acceptors (Lipinski definition) is 5. The third-order valence-electron chi connectivity index (χ3n) is 3.92. The highest BCUT2D eigenvalue weighted by Gasteiger charge is 2.29. The van der Waals surface area contributed by atoms with E-state index in [1.54, 1.807) is 23.2 Å². The van der Waals surface area contributed by atoms with E-state index in [2.05, 4.69) is 4.98 Å². The lowest BCUT2D eigenvalue weighted by molar-refractivity contribution is -0.131. The fraction of sp³-hybridized carbons (Fsp3) is 0.333. The molecule has 0 aliphatic carbocycles. The molecule has 1 unspecified atom stereocenters. The van der Waals surface area contributed by atoms with E-state index in [0.717, 1.165) is 12.8 Å². The van der Waals surface area contributed by atoms with Gasteiger partial charge in [-0.15, -0.1) is 0 Å². The number of aromatic nitrogens is 2. The van der Waals surface area contributed by atoms with Crippen molar-refractivity contribution in [2.45, 2.75) is 25.3 Å². The van der Waals surface area contributed by atoms with E-state index < -0.39 is 11.8 Å². The summed E-state index contributed by atoms with van der Waals surface area (Å²) in [5.41, 5.74) is 0.172. The second-order valence-electron chi connectivity index (χ2n) is 5.22. The van der Waals surface area contributed by atoms with Gasteiger partial charge in [-0.2, -0.15) is 0 Å². The van der Waals surface area contributed by atoms with Gasteiger partial charge >= 0.3 is 0 Å². The molecule has 3 rings (SSSR count). The zero-order valence-corrected chi connectivity index (χ0v) is 12.5. The zero-order chi connectivity index (χ0) is 15.7. The Morgan fingerprint density at radius 1 is 1.36 bits per heavy atom. The number of benzene rings is 1. The molecular weight excluding hydrogens is 306 g/mol. The Morgan fingerprint density at radius 3 is 2.95 bits per heavy atom. The number of aldehydes is 1. The van der Waals surface area contributed by atoms with Crippen LogP contribution in [0.1, 0.15) is 19.3 Å². The molecule has 0 saturated carbocycles. The lowest BCUT2D eigenvalue weighted by Crippen LogP contribution is -2.55. The molecule has 1 atom stereocenters. The van der Waals surface area contributed by atoms with Crippen LogP contribution in [-0.4, -0.2) is 34.3 Å². The summed E-state index contributed by atoms with van der Waals surface area (Å²) < 4.78 is 1.30. The Hall–Kier alpha value is -2.21. The van der Waals surface area contributed by atoms with E-state index in [-0.39, 0.29) is 5.56 Å². The molecule has 7 heteroatoms. The number of carbonyl (C=O) groups is 2. The van der Waals surface area contributed by atoms with Gasteiger partial charge in [-0.05, 0) is 31.4 Å². The van der Waals surface area contributed by atoms with Crippen molar-refractivity contribution in [3.8, 4) is 0 Å². The standard InChI is InChI=1S/C15H14ClN3O3/c16-10-4-3-5-11-14(10)15(22)19(9-17-11)18-7-2-1-6-12(18)13(21)8-20/h3-5,8-9,12H,1-2,6-7H2. The fourth-order valence-electron chi connectivity index (χ4n) is 2.84. The van der Waals surface area contributed by atoms with Crippen molar-refractivity contribution in [2.24, 2.45) is 0 Å². The van der Waals surface area contributed by atoms with Crippen molar-refractivity contribution >= 4 is 34.6 Å². The molecule has 22 heavy (non-hydrogen) atoms. The molecule has 1 aromatic heterocycles. The lowest BCUT2D eigenvalue weighted by atomic mass is 10.0. The first-order chi connectivity index (χ1) is 10.6. The van der Waals surface area contributed by atoms with Gasteiger partial charge in [0, 0.05) is 6.54 Å². The predicted octanol–water partition coefficient (Wildman–Crippen LogP) is 1.31. The van der Waals surface area contributed by atoms with Crippen molar-refractivity contribution in [2.75, 3.05) is 11.6 Å². The Kier molecular flexibility index (Phi) is 3.94. The number of hydrogen-bond donors (Lipinski definition) is 0. The van der Waals surface area contributed by atoms with Crippen molar-refractivity contribution in [3.05, 3.63) is 39.9 Å². The van der Waals surface area contributed by atoms with Crippen LogP contribution in [0.2, 0.25) is 5.02 Å². The van der Waals surface area contributed by atoms with E-state index in [9.17, 15) is 14.4 Å². The Bertz CT molecular complexity index is 802. The molecule has 1 aromatic carbocycles. The molecule has 114 valence electrons. The van der Waals surface area contributed by atoms with Crippen molar-refractivity contribution < 1.29 is 9.59 Å². The largest absolute Gasteiger partial charge is 0.298 e. The minimum absolute atomic E-state index is 0.314. The van der Waals surface area contributed by atoms with Gasteiger partial charge in [0.05, 0.1) is 15.9 Å². The molecule has 0 amide bonds. The van der Waals surface area contributed by atoms with Crippen LogP contribution in [0, 0.1) is 0 Å². The number of carbonyl (C=O) groups excluding carboxylic acids is 2. The molecule has 6 nitrogen and oxygen atoms in total. The third-order valence-corrected chi connectivity index (χ3v) is 4.23. The minimum Gasteiger partial charge on any atom is -0.298 e. The Morgan fingerprint density at radius 2 is 2.18 bits per heavy atom.